The molecule has 1 aliphatic heterocycles. The van der Waals surface area contributed by atoms with Gasteiger partial charge in [0, 0.05) is 0 Å². The van der Waals surface area contributed by atoms with E-state index in [0.717, 1.165) is 44.3 Å². The van der Waals surface area contributed by atoms with Gasteiger partial charge in [0.05, 0.1) is 0 Å². The van der Waals surface area contributed by atoms with E-state index in [1.165, 1.54) is 43.3 Å². The molecule has 5 nitrogen and oxygen atoms in total. The van der Waals surface area contributed by atoms with Crippen LogP contribution in [0.15, 0.2) is 30.3 Å². The van der Waals surface area contributed by atoms with Crippen LogP contribution in [-0.2, 0) is 14.3 Å². The minimum absolute atomic E-state index is 0.0685. The molecule has 0 bridgehead atoms. The number of methoxy groups -OCH3 is 1. The van der Waals surface area contributed by atoms with Crippen molar-refractivity contribution in [2.24, 2.45) is 0 Å². The molecule has 0 aliphatic carbocycles. The van der Waals surface area contributed by atoms with E-state index in [9.17, 15) is 9.59 Å². The molecule has 1 aliphatic rings. The number of hydrogen-bond donors (Lipinski definition) is 0. The Morgan fingerprint density at radius 2 is 2.04 bits per heavy atom. The van der Waals surface area contributed by atoms with Crippen molar-refractivity contribution in [1.82, 2.24) is 9.80 Å². The van der Waals surface area contributed by atoms with Crippen molar-refractivity contribution in [3.05, 3.63) is 35.9 Å². The van der Waals surface area contributed by atoms with E-state index in [4.69, 9.17) is 4.74 Å². The first kappa shape index (κ1) is 22.3. The Labute approximate surface area is 188 Å². The summed E-state index contributed by atoms with van der Waals surface area (Å²) in [6, 6.07) is 9.74. The Bertz CT molecular complexity index is 600. The number of esters is 1. The summed E-state index contributed by atoms with van der Waals surface area (Å²) >= 11 is 1.96. The van der Waals surface area contributed by atoms with Crippen molar-refractivity contribution in [2.45, 2.75) is 38.8 Å². The monoisotopic (exact) mass is 746 g/mol. The van der Waals surface area contributed by atoms with Crippen molar-refractivity contribution in [3.8, 4) is 0 Å². The van der Waals surface area contributed by atoms with Gasteiger partial charge in [0.25, 0.3) is 0 Å². The van der Waals surface area contributed by atoms with Gasteiger partial charge >= 0.3 is 189 Å². The van der Waals surface area contributed by atoms with Crippen molar-refractivity contribution < 1.29 is 14.3 Å². The third kappa shape index (κ3) is 5.73. The molecule has 1 amide bonds. The predicted octanol–water partition coefficient (Wildman–Crippen LogP) is 1.34. The van der Waals surface area contributed by atoms with Gasteiger partial charge in [0.2, 0.25) is 0 Å². The first-order valence-corrected chi connectivity index (χ1v) is 14.0. The summed E-state index contributed by atoms with van der Waals surface area (Å²) in [5.41, 5.74) is 1.04. The second kappa shape index (κ2) is 11.1. The molecule has 1 fully saturated rings. The van der Waals surface area contributed by atoms with Gasteiger partial charge in [-0.25, -0.2) is 0 Å². The Kier molecular flexibility index (Phi) is 9.49. The first-order valence-electron chi connectivity index (χ1n) is 8.98. The number of carbonyl (C=O) groups excluding carboxylic acids is 2. The van der Waals surface area contributed by atoms with Crippen LogP contribution < -0.4 is 0 Å². The van der Waals surface area contributed by atoms with Gasteiger partial charge in [0.15, 0.2) is 0 Å². The Morgan fingerprint density at radius 3 is 2.65 bits per heavy atom. The summed E-state index contributed by atoms with van der Waals surface area (Å²) in [7, 11) is 3.54. The molecule has 0 spiro atoms. The van der Waals surface area contributed by atoms with Gasteiger partial charge in [-0.05, 0) is 0 Å². The number of benzene rings is 1. The quantitative estimate of drug-likeness (QED) is 0.313. The molecular weight excluding hydrogens is 719 g/mol. The second-order valence-electron chi connectivity index (χ2n) is 6.68. The molecule has 6 radical (unpaired) electrons. The number of amides is 1. The molecule has 26 heavy (non-hydrogen) atoms. The average Bonchev–Trinajstić information content (AvgIpc) is 2.70. The number of nitrogens with zero attached hydrogens (tertiary/aromatic N) is 2. The number of piperidine rings is 1. The zero-order valence-electron chi connectivity index (χ0n) is 15.5. The number of carbonyl (C=O) groups is 2. The zero-order chi connectivity index (χ0) is 19.1. The molecule has 7 heteroatoms. The second-order valence-corrected chi connectivity index (χ2v) is 10.9. The summed E-state index contributed by atoms with van der Waals surface area (Å²) in [5, 5.41) is 0. The van der Waals surface area contributed by atoms with Crippen LogP contribution in [0, 0.1) is 0 Å². The molecule has 1 aromatic carbocycles. The normalized spacial score (nSPS) is 21.5. The van der Waals surface area contributed by atoms with Gasteiger partial charge in [-0.1, -0.05) is 0 Å². The maximum absolute atomic E-state index is 13.1. The number of likely N-dealkylation sites (tertiary alicyclic amines) is 1. The molecule has 0 N–H and O–H groups in total. The molecule has 0 saturated carbocycles. The van der Waals surface area contributed by atoms with Gasteiger partial charge in [0.1, 0.15) is 0 Å². The van der Waals surface area contributed by atoms with E-state index in [-0.39, 0.29) is 15.4 Å². The molecular formula is C19H26N2O3Pb2. The molecule has 2 rings (SSSR count). The van der Waals surface area contributed by atoms with Gasteiger partial charge in [-0.15, -0.1) is 0 Å². The third-order valence-electron chi connectivity index (χ3n) is 5.02. The average molecular weight is 745 g/mol. The summed E-state index contributed by atoms with van der Waals surface area (Å²) in [5.74, 6) is -0.222. The number of hydrogen-bond acceptors (Lipinski definition) is 4. The van der Waals surface area contributed by atoms with Crippen molar-refractivity contribution in [2.75, 3.05) is 27.2 Å². The molecule has 1 heterocycles. The van der Waals surface area contributed by atoms with Crippen LogP contribution in [0.25, 0.3) is 0 Å². The van der Waals surface area contributed by atoms with E-state index in [1.54, 1.807) is 4.90 Å². The van der Waals surface area contributed by atoms with Crippen LogP contribution in [0.1, 0.15) is 28.3 Å². The van der Waals surface area contributed by atoms with E-state index in [0.29, 0.717) is 19.0 Å². The Hall–Kier alpha value is -0.0358. The Morgan fingerprint density at radius 1 is 1.35 bits per heavy atom. The van der Waals surface area contributed by atoms with Crippen LogP contribution in [0.5, 0.6) is 0 Å². The van der Waals surface area contributed by atoms with Crippen molar-refractivity contribution >= 4 is 63.4 Å². The zero-order valence-corrected chi connectivity index (χ0v) is 23.3. The Balaban J connectivity index is 2.12. The topological polar surface area (TPSA) is 49.9 Å². The maximum atomic E-state index is 13.1. The fourth-order valence-electron chi connectivity index (χ4n) is 3.44. The summed E-state index contributed by atoms with van der Waals surface area (Å²) < 4.78 is 6.20. The SMILES string of the molecule is COC(=O)C1CC(N(C)CC[CH2][Pb])CCN1C(=O)[CH]([Pb])c1ccccc1. The molecule has 3 atom stereocenters. The van der Waals surface area contributed by atoms with Crippen molar-refractivity contribution in [3.63, 3.8) is 0 Å². The van der Waals surface area contributed by atoms with E-state index < -0.39 is 6.04 Å². The van der Waals surface area contributed by atoms with E-state index in [1.807, 2.05) is 30.3 Å². The van der Waals surface area contributed by atoms with Crippen LogP contribution in [0.4, 0.5) is 0 Å². The molecule has 3 unspecified atom stereocenters. The van der Waals surface area contributed by atoms with Crippen LogP contribution >= 0.6 is 0 Å². The van der Waals surface area contributed by atoms with Crippen molar-refractivity contribution in [1.29, 1.82) is 0 Å². The minimum atomic E-state index is -0.468. The number of rotatable bonds is 7. The molecule has 138 valence electrons. The molecule has 1 aromatic rings. The van der Waals surface area contributed by atoms with Crippen LogP contribution in [0.3, 0.4) is 0 Å². The van der Waals surface area contributed by atoms with E-state index >= 15 is 0 Å². The number of ether oxygens (including phenoxy) is 1. The first-order chi connectivity index (χ1) is 12.5. The standard InChI is InChI=1S/C19H26N2O3.2Pb/c1-4-11-20(2)16-10-12-21(17(14-16)19(23)24-3)18(22)13-15-8-6-5-7-9-15;;/h5-9,13,16-17H,1,4,10-12,14H2,2-3H3;;. The third-order valence-corrected chi connectivity index (χ3v) is 8.65. The summed E-state index contributed by atoms with van der Waals surface area (Å²) in [4.78, 5) is 29.7. The van der Waals surface area contributed by atoms with Gasteiger partial charge in [-0.3, -0.25) is 0 Å². The fourth-order valence-corrected chi connectivity index (χ4v) is 5.44. The molecule has 0 aromatic heterocycles. The van der Waals surface area contributed by atoms with Gasteiger partial charge < -0.3 is 0 Å². The van der Waals surface area contributed by atoms with E-state index in [2.05, 4.69) is 11.9 Å². The molecule has 1 saturated heterocycles. The fraction of sp³-hybridized carbons (Fsp3) is 0.579. The summed E-state index contributed by atoms with van der Waals surface area (Å²) in [6.07, 6.45) is 2.79. The summed E-state index contributed by atoms with van der Waals surface area (Å²) in [6.45, 7) is 1.68. The predicted molar refractivity (Wildman–Crippen MR) is 103 cm³/mol. The van der Waals surface area contributed by atoms with Crippen LogP contribution in [0.2, 0.25) is 3.98 Å². The van der Waals surface area contributed by atoms with Crippen LogP contribution in [-0.4, -0.2) is 113 Å². The van der Waals surface area contributed by atoms with Gasteiger partial charge in [-0.2, -0.15) is 0 Å².